The van der Waals surface area contributed by atoms with Crippen LogP contribution in [0.4, 0.5) is 0 Å². The lowest BCUT2D eigenvalue weighted by atomic mass is 9.87. The molecule has 0 aromatic heterocycles. The predicted molar refractivity (Wildman–Crippen MR) is 96.0 cm³/mol. The maximum absolute atomic E-state index is 12.2. The second-order valence-corrected chi connectivity index (χ2v) is 7.50. The molecule has 0 bridgehead atoms. The van der Waals surface area contributed by atoms with Crippen molar-refractivity contribution in [2.24, 2.45) is 0 Å². The van der Waals surface area contributed by atoms with E-state index in [9.17, 15) is 14.7 Å². The molecule has 0 heterocycles. The van der Waals surface area contributed by atoms with Gasteiger partial charge in [0, 0.05) is 18.2 Å². The van der Waals surface area contributed by atoms with E-state index in [4.69, 9.17) is 0 Å². The highest BCUT2D eigenvalue weighted by Crippen LogP contribution is 2.22. The Kier molecular flexibility index (Phi) is 6.96. The Morgan fingerprint density at radius 3 is 2.08 bits per heavy atom. The molecular formula is C19H30N2O3. The number of benzene rings is 1. The molecule has 2 amide bonds. The van der Waals surface area contributed by atoms with Gasteiger partial charge in [0.2, 0.25) is 5.91 Å². The third-order valence-corrected chi connectivity index (χ3v) is 3.82. The first-order valence-electron chi connectivity index (χ1n) is 8.38. The zero-order chi connectivity index (χ0) is 18.5. The average molecular weight is 334 g/mol. The summed E-state index contributed by atoms with van der Waals surface area (Å²) in [5.41, 5.74) is 1.71. The largest absolute Gasteiger partial charge is 0.392 e. The van der Waals surface area contributed by atoms with E-state index < -0.39 is 6.10 Å². The minimum Gasteiger partial charge on any atom is -0.392 e. The standard InChI is InChI=1S/C19H30N2O3/c1-13(2)21(12-14(3)22)17(23)11-20-18(24)15-7-9-16(10-8-15)19(4,5)6/h7-10,13-14,22H,11-12H2,1-6H3,(H,20,24). The molecule has 1 atom stereocenters. The molecule has 1 unspecified atom stereocenters. The van der Waals surface area contributed by atoms with Gasteiger partial charge in [-0.1, -0.05) is 32.9 Å². The van der Waals surface area contributed by atoms with Crippen molar-refractivity contribution in [2.45, 2.75) is 59.1 Å². The van der Waals surface area contributed by atoms with Gasteiger partial charge >= 0.3 is 0 Å². The Hall–Kier alpha value is -1.88. The number of carbonyl (C=O) groups excluding carboxylic acids is 2. The van der Waals surface area contributed by atoms with E-state index in [-0.39, 0.29) is 36.4 Å². The second kappa shape index (κ2) is 8.29. The molecule has 0 saturated carbocycles. The first-order chi connectivity index (χ1) is 11.0. The van der Waals surface area contributed by atoms with Crippen LogP contribution in [0, 0.1) is 0 Å². The monoisotopic (exact) mass is 334 g/mol. The molecule has 0 aliphatic rings. The van der Waals surface area contributed by atoms with Crippen molar-refractivity contribution in [3.63, 3.8) is 0 Å². The number of hydrogen-bond acceptors (Lipinski definition) is 3. The van der Waals surface area contributed by atoms with E-state index in [1.165, 1.54) is 0 Å². The number of aliphatic hydroxyl groups excluding tert-OH is 1. The fourth-order valence-electron chi connectivity index (χ4n) is 2.37. The van der Waals surface area contributed by atoms with E-state index in [2.05, 4.69) is 26.1 Å². The topological polar surface area (TPSA) is 69.6 Å². The predicted octanol–water partition coefficient (Wildman–Crippen LogP) is 2.33. The van der Waals surface area contributed by atoms with Crippen molar-refractivity contribution in [3.8, 4) is 0 Å². The van der Waals surface area contributed by atoms with E-state index in [1.54, 1.807) is 24.0 Å². The lowest BCUT2D eigenvalue weighted by molar-refractivity contribution is -0.133. The number of hydrogen-bond donors (Lipinski definition) is 2. The molecule has 5 heteroatoms. The maximum Gasteiger partial charge on any atom is 0.251 e. The molecule has 2 N–H and O–H groups in total. The molecule has 0 aliphatic heterocycles. The van der Waals surface area contributed by atoms with Crippen molar-refractivity contribution < 1.29 is 14.7 Å². The smallest absolute Gasteiger partial charge is 0.251 e. The van der Waals surface area contributed by atoms with Gasteiger partial charge < -0.3 is 15.3 Å². The fraction of sp³-hybridized carbons (Fsp3) is 0.579. The number of aliphatic hydroxyl groups is 1. The van der Waals surface area contributed by atoms with Crippen LogP contribution in [0.1, 0.15) is 57.5 Å². The Balaban J connectivity index is 2.66. The molecule has 0 radical (unpaired) electrons. The normalized spacial score (nSPS) is 12.8. The van der Waals surface area contributed by atoms with Crippen LogP contribution in [0.25, 0.3) is 0 Å². The van der Waals surface area contributed by atoms with Gasteiger partial charge in [-0.25, -0.2) is 0 Å². The van der Waals surface area contributed by atoms with Crippen LogP contribution in [0.5, 0.6) is 0 Å². The maximum atomic E-state index is 12.2. The van der Waals surface area contributed by atoms with E-state index >= 15 is 0 Å². The Morgan fingerprint density at radius 1 is 1.12 bits per heavy atom. The van der Waals surface area contributed by atoms with E-state index in [0.29, 0.717) is 5.56 Å². The van der Waals surface area contributed by atoms with Gasteiger partial charge in [-0.2, -0.15) is 0 Å². The van der Waals surface area contributed by atoms with Gasteiger partial charge in [0.1, 0.15) is 0 Å². The van der Waals surface area contributed by atoms with E-state index in [0.717, 1.165) is 5.56 Å². The fourth-order valence-corrected chi connectivity index (χ4v) is 2.37. The highest BCUT2D eigenvalue weighted by molar-refractivity contribution is 5.96. The molecule has 1 aromatic carbocycles. The van der Waals surface area contributed by atoms with E-state index in [1.807, 2.05) is 26.0 Å². The summed E-state index contributed by atoms with van der Waals surface area (Å²) in [6.07, 6.45) is -0.600. The molecule has 0 spiro atoms. The summed E-state index contributed by atoms with van der Waals surface area (Å²) in [6, 6.07) is 7.39. The Labute approximate surface area is 145 Å². The van der Waals surface area contributed by atoms with Crippen molar-refractivity contribution in [2.75, 3.05) is 13.1 Å². The molecule has 24 heavy (non-hydrogen) atoms. The lowest BCUT2D eigenvalue weighted by Gasteiger charge is -2.28. The molecule has 0 saturated heterocycles. The van der Waals surface area contributed by atoms with Gasteiger partial charge in [-0.15, -0.1) is 0 Å². The SMILES string of the molecule is CC(O)CN(C(=O)CNC(=O)c1ccc(C(C)(C)C)cc1)C(C)C. The highest BCUT2D eigenvalue weighted by Gasteiger charge is 2.20. The third kappa shape index (κ3) is 5.96. The first kappa shape index (κ1) is 20.2. The molecule has 5 nitrogen and oxygen atoms in total. The van der Waals surface area contributed by atoms with Gasteiger partial charge in [0.05, 0.1) is 12.6 Å². The second-order valence-electron chi connectivity index (χ2n) is 7.50. The zero-order valence-corrected chi connectivity index (χ0v) is 15.6. The summed E-state index contributed by atoms with van der Waals surface area (Å²) in [5.74, 6) is -0.477. The van der Waals surface area contributed by atoms with Gasteiger partial charge in [-0.05, 0) is 43.9 Å². The zero-order valence-electron chi connectivity index (χ0n) is 15.6. The van der Waals surface area contributed by atoms with Gasteiger partial charge in [0.15, 0.2) is 0 Å². The number of amides is 2. The molecule has 0 fully saturated rings. The minimum absolute atomic E-state index is 0.0315. The average Bonchev–Trinajstić information content (AvgIpc) is 2.48. The summed E-state index contributed by atoms with van der Waals surface area (Å²) in [6.45, 7) is 11.9. The summed E-state index contributed by atoms with van der Waals surface area (Å²) >= 11 is 0. The first-order valence-corrected chi connectivity index (χ1v) is 8.38. The third-order valence-electron chi connectivity index (χ3n) is 3.82. The summed E-state index contributed by atoms with van der Waals surface area (Å²) in [4.78, 5) is 26.0. The molecule has 1 rings (SSSR count). The van der Waals surface area contributed by atoms with Crippen LogP contribution in [0.3, 0.4) is 0 Å². The molecule has 0 aliphatic carbocycles. The number of carbonyl (C=O) groups is 2. The number of nitrogens with zero attached hydrogens (tertiary/aromatic N) is 1. The summed E-state index contributed by atoms with van der Waals surface area (Å²) in [7, 11) is 0. The van der Waals surface area contributed by atoms with Crippen molar-refractivity contribution >= 4 is 11.8 Å². The summed E-state index contributed by atoms with van der Waals surface area (Å²) < 4.78 is 0. The number of nitrogens with one attached hydrogen (secondary N) is 1. The van der Waals surface area contributed by atoms with Crippen LogP contribution < -0.4 is 5.32 Å². The Bertz CT molecular complexity index is 557. The highest BCUT2D eigenvalue weighted by atomic mass is 16.3. The summed E-state index contributed by atoms with van der Waals surface area (Å²) in [5, 5.41) is 12.1. The Morgan fingerprint density at radius 2 is 1.67 bits per heavy atom. The van der Waals surface area contributed by atoms with Crippen LogP contribution in [0.15, 0.2) is 24.3 Å². The molecule has 134 valence electrons. The van der Waals surface area contributed by atoms with Crippen molar-refractivity contribution in [1.82, 2.24) is 10.2 Å². The molecule has 1 aromatic rings. The van der Waals surface area contributed by atoms with Crippen LogP contribution >= 0.6 is 0 Å². The van der Waals surface area contributed by atoms with Crippen molar-refractivity contribution in [1.29, 1.82) is 0 Å². The van der Waals surface area contributed by atoms with Gasteiger partial charge in [0.25, 0.3) is 5.91 Å². The lowest BCUT2D eigenvalue weighted by Crippen LogP contribution is -2.46. The van der Waals surface area contributed by atoms with Crippen LogP contribution in [-0.2, 0) is 10.2 Å². The van der Waals surface area contributed by atoms with Crippen LogP contribution in [0.2, 0.25) is 0 Å². The van der Waals surface area contributed by atoms with Crippen molar-refractivity contribution in [3.05, 3.63) is 35.4 Å². The van der Waals surface area contributed by atoms with Crippen LogP contribution in [-0.4, -0.2) is 47.1 Å². The minimum atomic E-state index is -0.600. The molecular weight excluding hydrogens is 304 g/mol. The van der Waals surface area contributed by atoms with Gasteiger partial charge in [-0.3, -0.25) is 9.59 Å². The quantitative estimate of drug-likeness (QED) is 0.839. The number of rotatable bonds is 6.